The Hall–Kier alpha value is -2.85. The molecule has 0 N–H and O–H groups in total. The van der Waals surface area contributed by atoms with Gasteiger partial charge in [0.1, 0.15) is 17.5 Å². The predicted octanol–water partition coefficient (Wildman–Crippen LogP) is 4.08. The van der Waals surface area contributed by atoms with Gasteiger partial charge in [0.05, 0.1) is 19.8 Å². The largest absolute Gasteiger partial charge is 0.497 e. The van der Waals surface area contributed by atoms with Gasteiger partial charge < -0.3 is 33.3 Å². The third kappa shape index (κ3) is 9.51. The number of amides is 1. The van der Waals surface area contributed by atoms with E-state index in [0.29, 0.717) is 12.2 Å². The van der Waals surface area contributed by atoms with E-state index < -0.39 is 42.1 Å². The molecule has 1 fully saturated rings. The Kier molecular flexibility index (Phi) is 11.2. The van der Waals surface area contributed by atoms with Gasteiger partial charge in [0.2, 0.25) is 0 Å². The van der Waals surface area contributed by atoms with Gasteiger partial charge in [-0.25, -0.2) is 4.79 Å². The number of nitrogens with zero attached hydrogens (tertiary/aromatic N) is 1. The minimum Gasteiger partial charge on any atom is -0.497 e. The number of carbonyl (C=O) groups excluding carboxylic acids is 3. The standard InChI is InChI=1S/C27H41NO9/c1-9-22-17(2)23(34-18(3)29)24(35-19(4)30)25(36-22)33-15-14-28(26(31)37-27(5,6)7)16-20-10-12-21(32-8)13-11-20/h10-13,17,22-25H,9,14-16H2,1-8H3/t17-,22-,23+,24-,25-/m1/s1. The smallest absolute Gasteiger partial charge is 0.410 e. The van der Waals surface area contributed by atoms with Crippen molar-refractivity contribution in [2.24, 2.45) is 5.92 Å². The maximum atomic E-state index is 13.0. The molecule has 1 amide bonds. The Morgan fingerprint density at radius 1 is 1.00 bits per heavy atom. The van der Waals surface area contributed by atoms with Gasteiger partial charge in [-0.05, 0) is 44.9 Å². The molecule has 10 nitrogen and oxygen atoms in total. The van der Waals surface area contributed by atoms with Crippen LogP contribution in [0.15, 0.2) is 24.3 Å². The summed E-state index contributed by atoms with van der Waals surface area (Å²) in [4.78, 5) is 38.1. The van der Waals surface area contributed by atoms with Crippen molar-refractivity contribution < 1.29 is 42.8 Å². The maximum Gasteiger partial charge on any atom is 0.410 e. The lowest BCUT2D eigenvalue weighted by molar-refractivity contribution is -0.290. The fourth-order valence-electron chi connectivity index (χ4n) is 4.11. The van der Waals surface area contributed by atoms with Gasteiger partial charge in [-0.15, -0.1) is 0 Å². The highest BCUT2D eigenvalue weighted by molar-refractivity contribution is 5.68. The summed E-state index contributed by atoms with van der Waals surface area (Å²) in [5.41, 5.74) is 0.207. The molecule has 1 aromatic rings. The highest BCUT2D eigenvalue weighted by atomic mass is 16.7. The molecule has 0 bridgehead atoms. The number of hydrogen-bond donors (Lipinski definition) is 0. The molecule has 0 aromatic heterocycles. The van der Waals surface area contributed by atoms with E-state index in [9.17, 15) is 14.4 Å². The second-order valence-electron chi connectivity index (χ2n) is 10.1. The molecule has 0 spiro atoms. The van der Waals surface area contributed by atoms with Crippen LogP contribution >= 0.6 is 0 Å². The fourth-order valence-corrected chi connectivity index (χ4v) is 4.11. The number of hydrogen-bond acceptors (Lipinski definition) is 9. The summed E-state index contributed by atoms with van der Waals surface area (Å²) in [5.74, 6) is -0.535. The molecule has 37 heavy (non-hydrogen) atoms. The van der Waals surface area contributed by atoms with Crippen molar-refractivity contribution in [2.45, 2.75) is 91.6 Å². The lowest BCUT2D eigenvalue weighted by Gasteiger charge is -2.44. The first-order valence-corrected chi connectivity index (χ1v) is 12.6. The molecule has 0 radical (unpaired) electrons. The minimum absolute atomic E-state index is 0.0649. The monoisotopic (exact) mass is 523 g/mol. The number of benzene rings is 1. The Morgan fingerprint density at radius 2 is 1.59 bits per heavy atom. The Morgan fingerprint density at radius 3 is 2.11 bits per heavy atom. The molecule has 10 heteroatoms. The quantitative estimate of drug-likeness (QED) is 0.331. The van der Waals surface area contributed by atoms with Crippen LogP contribution < -0.4 is 4.74 Å². The third-order valence-electron chi connectivity index (χ3n) is 5.84. The van der Waals surface area contributed by atoms with E-state index in [-0.39, 0.29) is 31.7 Å². The second-order valence-corrected chi connectivity index (χ2v) is 10.1. The number of methoxy groups -OCH3 is 1. The number of esters is 2. The molecule has 0 saturated carbocycles. The van der Waals surface area contributed by atoms with Crippen molar-refractivity contribution in [3.05, 3.63) is 29.8 Å². The van der Waals surface area contributed by atoms with Crippen LogP contribution in [0, 0.1) is 5.92 Å². The van der Waals surface area contributed by atoms with Gasteiger partial charge in [0, 0.05) is 32.9 Å². The molecule has 1 heterocycles. The molecule has 5 atom stereocenters. The average molecular weight is 524 g/mol. The summed E-state index contributed by atoms with van der Waals surface area (Å²) in [7, 11) is 1.59. The Labute approximate surface area is 219 Å². The van der Waals surface area contributed by atoms with Gasteiger partial charge in [0.25, 0.3) is 0 Å². The first-order valence-electron chi connectivity index (χ1n) is 12.6. The molecular weight excluding hydrogens is 482 g/mol. The molecule has 0 unspecified atom stereocenters. The average Bonchev–Trinajstić information content (AvgIpc) is 2.80. The summed E-state index contributed by atoms with van der Waals surface area (Å²) >= 11 is 0. The van der Waals surface area contributed by atoms with Crippen LogP contribution in [0.4, 0.5) is 4.79 Å². The van der Waals surface area contributed by atoms with E-state index in [4.69, 9.17) is 28.4 Å². The van der Waals surface area contributed by atoms with Gasteiger partial charge in [-0.3, -0.25) is 9.59 Å². The summed E-state index contributed by atoms with van der Waals surface area (Å²) in [6, 6.07) is 7.38. The van der Waals surface area contributed by atoms with Gasteiger partial charge in [-0.2, -0.15) is 0 Å². The van der Waals surface area contributed by atoms with Crippen molar-refractivity contribution in [3.63, 3.8) is 0 Å². The Balaban J connectivity index is 2.18. The van der Waals surface area contributed by atoms with Crippen molar-refractivity contribution in [1.82, 2.24) is 4.90 Å². The van der Waals surface area contributed by atoms with E-state index in [1.807, 2.05) is 38.1 Å². The molecule has 1 saturated heterocycles. The van der Waals surface area contributed by atoms with E-state index in [1.165, 1.54) is 18.7 Å². The zero-order chi connectivity index (χ0) is 27.8. The molecule has 2 rings (SSSR count). The molecule has 1 aliphatic rings. The van der Waals surface area contributed by atoms with Crippen molar-refractivity contribution in [1.29, 1.82) is 0 Å². The van der Waals surface area contributed by atoms with Crippen molar-refractivity contribution >= 4 is 18.0 Å². The second kappa shape index (κ2) is 13.6. The zero-order valence-electron chi connectivity index (χ0n) is 23.1. The highest BCUT2D eigenvalue weighted by Crippen LogP contribution is 2.32. The van der Waals surface area contributed by atoms with E-state index in [0.717, 1.165) is 5.56 Å². The number of rotatable bonds is 10. The molecule has 1 aromatic carbocycles. The lowest BCUT2D eigenvalue weighted by atomic mass is 9.89. The topological polar surface area (TPSA) is 110 Å². The van der Waals surface area contributed by atoms with E-state index >= 15 is 0 Å². The summed E-state index contributed by atoms with van der Waals surface area (Å²) in [6.07, 6.45) is -2.78. The van der Waals surface area contributed by atoms with Crippen LogP contribution in [-0.4, -0.2) is 73.4 Å². The first kappa shape index (κ1) is 30.4. The number of carbonyl (C=O) groups is 3. The van der Waals surface area contributed by atoms with Crippen LogP contribution in [0.25, 0.3) is 0 Å². The number of ether oxygens (including phenoxy) is 6. The summed E-state index contributed by atoms with van der Waals surface area (Å²) in [5, 5.41) is 0. The molecule has 1 aliphatic heterocycles. The predicted molar refractivity (Wildman–Crippen MR) is 135 cm³/mol. The first-order chi connectivity index (χ1) is 17.3. The highest BCUT2D eigenvalue weighted by Gasteiger charge is 2.48. The molecule has 0 aliphatic carbocycles. The van der Waals surface area contributed by atoms with E-state index in [2.05, 4.69) is 0 Å². The van der Waals surface area contributed by atoms with Crippen LogP contribution in [0.3, 0.4) is 0 Å². The minimum atomic E-state index is -0.976. The van der Waals surface area contributed by atoms with Crippen LogP contribution in [0.5, 0.6) is 5.75 Å². The van der Waals surface area contributed by atoms with Crippen LogP contribution in [0.2, 0.25) is 0 Å². The summed E-state index contributed by atoms with van der Waals surface area (Å²) < 4.78 is 33.9. The molecule has 208 valence electrons. The van der Waals surface area contributed by atoms with Crippen molar-refractivity contribution in [3.8, 4) is 5.75 Å². The molecular formula is C27H41NO9. The maximum absolute atomic E-state index is 13.0. The summed E-state index contributed by atoms with van der Waals surface area (Å²) in [6.45, 7) is 12.3. The third-order valence-corrected chi connectivity index (χ3v) is 5.84. The van der Waals surface area contributed by atoms with Gasteiger partial charge in [0.15, 0.2) is 12.4 Å². The normalized spacial score (nSPS) is 23.6. The van der Waals surface area contributed by atoms with E-state index in [1.54, 1.807) is 27.9 Å². The van der Waals surface area contributed by atoms with Gasteiger partial charge >= 0.3 is 18.0 Å². The SMILES string of the molecule is CC[C@H]1O[C@@H](OCCN(Cc2ccc(OC)cc2)C(=O)OC(C)(C)C)[C@H](OC(C)=O)[C@@H](OC(C)=O)[C@@H]1C. The van der Waals surface area contributed by atoms with Crippen LogP contribution in [0.1, 0.15) is 60.5 Å². The van der Waals surface area contributed by atoms with Crippen molar-refractivity contribution in [2.75, 3.05) is 20.3 Å². The Bertz CT molecular complexity index is 896. The van der Waals surface area contributed by atoms with Crippen LogP contribution in [-0.2, 0) is 39.8 Å². The fraction of sp³-hybridized carbons (Fsp3) is 0.667. The zero-order valence-corrected chi connectivity index (χ0v) is 23.1. The lowest BCUT2D eigenvalue weighted by Crippen LogP contribution is -2.57. The van der Waals surface area contributed by atoms with Gasteiger partial charge in [-0.1, -0.05) is 26.0 Å².